The van der Waals surface area contributed by atoms with Crippen LogP contribution in [0.15, 0.2) is 212 Å². The van der Waals surface area contributed by atoms with Crippen LogP contribution in [0.25, 0.3) is 76.8 Å². The third-order valence-corrected chi connectivity index (χ3v) is 12.4. The van der Waals surface area contributed by atoms with Gasteiger partial charge in [0.2, 0.25) is 0 Å². The molecule has 0 amide bonds. The molecule has 58 heavy (non-hydrogen) atoms. The van der Waals surface area contributed by atoms with Crippen molar-refractivity contribution in [1.82, 2.24) is 0 Å². The van der Waals surface area contributed by atoms with E-state index >= 15 is 0 Å². The molecule has 0 bridgehead atoms. The fourth-order valence-corrected chi connectivity index (χ4v) is 9.58. The second-order valence-electron chi connectivity index (χ2n) is 16.1. The average Bonchev–Trinajstić information content (AvgIpc) is 3.51. The number of benzene rings is 10. The van der Waals surface area contributed by atoms with Crippen molar-refractivity contribution >= 4 is 49.4 Å². The Labute approximate surface area is 340 Å². The van der Waals surface area contributed by atoms with Crippen LogP contribution in [0.2, 0.25) is 0 Å². The van der Waals surface area contributed by atoms with Gasteiger partial charge in [0.1, 0.15) is 0 Å². The van der Waals surface area contributed by atoms with Gasteiger partial charge in [-0.2, -0.15) is 0 Å². The summed E-state index contributed by atoms with van der Waals surface area (Å²) in [6.45, 7) is 4.74. The van der Waals surface area contributed by atoms with Crippen LogP contribution < -0.4 is 4.90 Å². The van der Waals surface area contributed by atoms with Crippen LogP contribution in [0.4, 0.5) is 17.1 Å². The first-order chi connectivity index (χ1) is 28.5. The first kappa shape index (κ1) is 34.1. The van der Waals surface area contributed by atoms with Gasteiger partial charge in [-0.3, -0.25) is 0 Å². The van der Waals surface area contributed by atoms with E-state index in [4.69, 9.17) is 0 Å². The largest absolute Gasteiger partial charge is 0.310 e. The third kappa shape index (κ3) is 5.46. The molecule has 0 fully saturated rings. The monoisotopic (exact) mass is 739 g/mol. The smallest absolute Gasteiger partial charge is 0.0546 e. The first-order valence-corrected chi connectivity index (χ1v) is 20.3. The fraction of sp³-hybridized carbons (Fsp3) is 0.0526. The quantitative estimate of drug-likeness (QED) is 0.154. The molecule has 0 spiro atoms. The summed E-state index contributed by atoms with van der Waals surface area (Å²) in [6, 6.07) is 78.4. The Kier molecular flexibility index (Phi) is 7.91. The summed E-state index contributed by atoms with van der Waals surface area (Å²) >= 11 is 0. The van der Waals surface area contributed by atoms with Gasteiger partial charge >= 0.3 is 0 Å². The lowest BCUT2D eigenvalue weighted by Crippen LogP contribution is -2.17. The molecule has 10 aromatic carbocycles. The lowest BCUT2D eigenvalue weighted by Gasteiger charge is -2.31. The maximum absolute atomic E-state index is 2.50. The maximum Gasteiger partial charge on any atom is 0.0546 e. The van der Waals surface area contributed by atoms with E-state index in [0.29, 0.717) is 0 Å². The molecule has 1 heteroatoms. The Balaban J connectivity index is 1.18. The summed E-state index contributed by atoms with van der Waals surface area (Å²) in [6.07, 6.45) is 0. The third-order valence-electron chi connectivity index (χ3n) is 12.4. The predicted molar refractivity (Wildman–Crippen MR) is 248 cm³/mol. The van der Waals surface area contributed by atoms with Crippen molar-refractivity contribution in [2.45, 2.75) is 19.3 Å². The number of fused-ring (bicyclic) bond motifs is 7. The van der Waals surface area contributed by atoms with E-state index in [-0.39, 0.29) is 5.41 Å². The summed E-state index contributed by atoms with van der Waals surface area (Å²) in [5.41, 5.74) is 15.9. The van der Waals surface area contributed by atoms with E-state index in [1.54, 1.807) is 0 Å². The van der Waals surface area contributed by atoms with Crippen molar-refractivity contribution in [2.75, 3.05) is 4.90 Å². The number of hydrogen-bond donors (Lipinski definition) is 0. The van der Waals surface area contributed by atoms with Crippen LogP contribution in [-0.4, -0.2) is 0 Å². The van der Waals surface area contributed by atoms with Crippen LogP contribution in [0.3, 0.4) is 0 Å². The van der Waals surface area contributed by atoms with Gasteiger partial charge in [-0.1, -0.05) is 184 Å². The molecule has 0 N–H and O–H groups in total. The minimum atomic E-state index is -0.140. The van der Waals surface area contributed by atoms with Crippen molar-refractivity contribution in [2.24, 2.45) is 0 Å². The summed E-state index contributed by atoms with van der Waals surface area (Å²) in [7, 11) is 0. The van der Waals surface area contributed by atoms with E-state index in [1.165, 1.54) is 88.0 Å². The van der Waals surface area contributed by atoms with E-state index < -0.39 is 0 Å². The Hall–Kier alpha value is -7.22. The molecule has 0 aromatic heterocycles. The van der Waals surface area contributed by atoms with Crippen molar-refractivity contribution in [1.29, 1.82) is 0 Å². The molecule has 0 saturated heterocycles. The normalized spacial score (nSPS) is 12.8. The molecule has 10 aromatic rings. The van der Waals surface area contributed by atoms with Crippen molar-refractivity contribution in [3.8, 4) is 44.5 Å². The fourth-order valence-electron chi connectivity index (χ4n) is 9.58. The maximum atomic E-state index is 2.50. The van der Waals surface area contributed by atoms with Gasteiger partial charge in [-0.15, -0.1) is 0 Å². The molecular weight excluding hydrogens is 699 g/mol. The Morgan fingerprint density at radius 2 is 0.931 bits per heavy atom. The number of anilines is 3. The molecule has 0 atom stereocenters. The van der Waals surface area contributed by atoms with E-state index in [2.05, 4.69) is 231 Å². The van der Waals surface area contributed by atoms with Crippen LogP contribution in [0.1, 0.15) is 25.0 Å². The number of rotatable bonds is 6. The highest BCUT2D eigenvalue weighted by Gasteiger charge is 2.36. The molecule has 0 unspecified atom stereocenters. The molecule has 11 rings (SSSR count). The standard InChI is InChI=1S/C57H41N/c1-57(2)53-26-14-13-24-49(53)50-33-32-45(37-54(50)57)58(44-31-30-41-34-40(28-29-42(41)35-44)38-16-5-3-6-17-38)55-27-15-25-51(56(55)39-18-7-4-8-19-39)52-36-43-20-9-10-21-46(43)47-22-11-12-23-48(47)52/h3-37H,1-2H3. The Bertz CT molecular complexity index is 3190. The average molecular weight is 740 g/mol. The first-order valence-electron chi connectivity index (χ1n) is 20.3. The Morgan fingerprint density at radius 3 is 1.76 bits per heavy atom. The van der Waals surface area contributed by atoms with Gasteiger partial charge in [-0.05, 0) is 125 Å². The zero-order chi connectivity index (χ0) is 38.8. The molecular formula is C57H41N. The predicted octanol–water partition coefficient (Wildman–Crippen LogP) is 15.9. The molecule has 1 aliphatic carbocycles. The van der Waals surface area contributed by atoms with Crippen molar-refractivity contribution in [3.05, 3.63) is 223 Å². The lowest BCUT2D eigenvalue weighted by molar-refractivity contribution is 0.660. The van der Waals surface area contributed by atoms with Gasteiger partial charge in [0, 0.05) is 22.4 Å². The SMILES string of the molecule is CC1(C)c2ccccc2-c2ccc(N(c3ccc4cc(-c5ccccc5)ccc4c3)c3cccc(-c4cc5ccccc5c5ccccc45)c3-c3ccccc3)cc21. The van der Waals surface area contributed by atoms with Crippen LogP contribution >= 0.6 is 0 Å². The molecule has 0 saturated carbocycles. The minimum absolute atomic E-state index is 0.140. The van der Waals surface area contributed by atoms with Crippen molar-refractivity contribution < 1.29 is 0 Å². The summed E-state index contributed by atoms with van der Waals surface area (Å²) in [5.74, 6) is 0. The minimum Gasteiger partial charge on any atom is -0.310 e. The molecule has 0 aliphatic heterocycles. The zero-order valence-corrected chi connectivity index (χ0v) is 32.7. The summed E-state index contributed by atoms with van der Waals surface area (Å²) < 4.78 is 0. The van der Waals surface area contributed by atoms with Crippen molar-refractivity contribution in [3.63, 3.8) is 0 Å². The van der Waals surface area contributed by atoms with Crippen LogP contribution in [0, 0.1) is 0 Å². The van der Waals surface area contributed by atoms with E-state index in [1.807, 2.05) is 0 Å². The summed E-state index contributed by atoms with van der Waals surface area (Å²) in [4.78, 5) is 2.50. The highest BCUT2D eigenvalue weighted by Crippen LogP contribution is 2.52. The molecule has 0 radical (unpaired) electrons. The van der Waals surface area contributed by atoms with Gasteiger partial charge in [0.25, 0.3) is 0 Å². The number of nitrogens with zero attached hydrogens (tertiary/aromatic N) is 1. The second kappa shape index (κ2) is 13.5. The lowest BCUT2D eigenvalue weighted by atomic mass is 9.82. The van der Waals surface area contributed by atoms with Crippen LogP contribution in [0.5, 0.6) is 0 Å². The van der Waals surface area contributed by atoms with E-state index in [9.17, 15) is 0 Å². The van der Waals surface area contributed by atoms with Gasteiger partial charge in [0.05, 0.1) is 5.69 Å². The highest BCUT2D eigenvalue weighted by atomic mass is 15.1. The highest BCUT2D eigenvalue weighted by molar-refractivity contribution is 6.15. The van der Waals surface area contributed by atoms with Crippen LogP contribution in [-0.2, 0) is 5.41 Å². The molecule has 1 nitrogen and oxygen atoms in total. The molecule has 0 heterocycles. The van der Waals surface area contributed by atoms with Gasteiger partial charge < -0.3 is 4.90 Å². The Morgan fingerprint density at radius 1 is 0.328 bits per heavy atom. The van der Waals surface area contributed by atoms with Gasteiger partial charge in [-0.25, -0.2) is 0 Å². The molecule has 1 aliphatic rings. The van der Waals surface area contributed by atoms with E-state index in [0.717, 1.165) is 17.1 Å². The topological polar surface area (TPSA) is 3.24 Å². The van der Waals surface area contributed by atoms with Gasteiger partial charge in [0.15, 0.2) is 0 Å². The second-order valence-corrected chi connectivity index (χ2v) is 16.1. The number of hydrogen-bond acceptors (Lipinski definition) is 1. The summed E-state index contributed by atoms with van der Waals surface area (Å²) in [5, 5.41) is 7.45. The zero-order valence-electron chi connectivity index (χ0n) is 32.7. The molecule has 274 valence electrons.